The molecule has 0 atom stereocenters. The SMILES string of the molecule is O=C(NCCc1nnc2n1CCN(C(=O)CCc1ccc3c(c1)OCO3)CC2)C1CCCCC1. The zero-order chi connectivity index (χ0) is 23.3. The Morgan fingerprint density at radius 2 is 1.85 bits per heavy atom. The Labute approximate surface area is 199 Å². The maximum Gasteiger partial charge on any atom is 0.231 e. The van der Waals surface area contributed by atoms with Gasteiger partial charge in [-0.25, -0.2) is 0 Å². The molecule has 2 aliphatic heterocycles. The molecule has 0 radical (unpaired) electrons. The molecule has 3 aliphatic rings. The summed E-state index contributed by atoms with van der Waals surface area (Å²) in [4.78, 5) is 27.2. The average molecular weight is 468 g/mol. The number of carbonyl (C=O) groups is 2. The molecule has 1 aromatic carbocycles. The van der Waals surface area contributed by atoms with Crippen LogP contribution in [-0.2, 0) is 35.4 Å². The Kier molecular flexibility index (Phi) is 6.97. The van der Waals surface area contributed by atoms with Crippen LogP contribution in [0, 0.1) is 5.92 Å². The first-order valence-electron chi connectivity index (χ1n) is 12.5. The monoisotopic (exact) mass is 467 g/mol. The van der Waals surface area contributed by atoms with Crippen molar-refractivity contribution in [3.05, 3.63) is 35.4 Å². The maximum atomic E-state index is 12.9. The highest BCUT2D eigenvalue weighted by Gasteiger charge is 2.23. The van der Waals surface area contributed by atoms with Crippen molar-refractivity contribution in [2.24, 2.45) is 5.92 Å². The van der Waals surface area contributed by atoms with E-state index in [1.165, 1.54) is 6.42 Å². The smallest absolute Gasteiger partial charge is 0.231 e. The predicted molar refractivity (Wildman–Crippen MR) is 124 cm³/mol. The predicted octanol–water partition coefficient (Wildman–Crippen LogP) is 2.26. The maximum absolute atomic E-state index is 12.9. The van der Waals surface area contributed by atoms with Crippen LogP contribution in [0.4, 0.5) is 0 Å². The highest BCUT2D eigenvalue weighted by Crippen LogP contribution is 2.32. The highest BCUT2D eigenvalue weighted by molar-refractivity contribution is 5.78. The first kappa shape index (κ1) is 22.7. The number of nitrogens with one attached hydrogen (secondary N) is 1. The van der Waals surface area contributed by atoms with Gasteiger partial charge in [-0.3, -0.25) is 9.59 Å². The molecule has 0 saturated heterocycles. The van der Waals surface area contributed by atoms with Crippen LogP contribution in [0.5, 0.6) is 11.5 Å². The lowest BCUT2D eigenvalue weighted by atomic mass is 9.89. The van der Waals surface area contributed by atoms with Gasteiger partial charge in [0.05, 0.1) is 0 Å². The van der Waals surface area contributed by atoms with Crippen LogP contribution in [0.2, 0.25) is 0 Å². The van der Waals surface area contributed by atoms with Gasteiger partial charge in [0.15, 0.2) is 11.5 Å². The van der Waals surface area contributed by atoms with E-state index in [4.69, 9.17) is 9.47 Å². The van der Waals surface area contributed by atoms with Crippen molar-refractivity contribution < 1.29 is 19.1 Å². The second-order valence-corrected chi connectivity index (χ2v) is 9.38. The van der Waals surface area contributed by atoms with Gasteiger partial charge in [0.1, 0.15) is 11.6 Å². The summed E-state index contributed by atoms with van der Waals surface area (Å²) in [5.74, 6) is 3.80. The second-order valence-electron chi connectivity index (χ2n) is 9.38. The molecule has 34 heavy (non-hydrogen) atoms. The van der Waals surface area contributed by atoms with Crippen LogP contribution >= 0.6 is 0 Å². The lowest BCUT2D eigenvalue weighted by Gasteiger charge is -2.21. The van der Waals surface area contributed by atoms with E-state index in [2.05, 4.69) is 20.1 Å². The normalized spacial score (nSPS) is 17.8. The molecule has 0 spiro atoms. The summed E-state index contributed by atoms with van der Waals surface area (Å²) < 4.78 is 12.9. The van der Waals surface area contributed by atoms with E-state index in [1.807, 2.05) is 23.1 Å². The number of rotatable bonds is 7. The number of hydrogen-bond acceptors (Lipinski definition) is 6. The Balaban J connectivity index is 1.09. The summed E-state index contributed by atoms with van der Waals surface area (Å²) in [5.41, 5.74) is 1.07. The summed E-state index contributed by atoms with van der Waals surface area (Å²) in [6.07, 6.45) is 8.04. The molecule has 1 fully saturated rings. The fourth-order valence-corrected chi connectivity index (χ4v) is 5.13. The first-order chi connectivity index (χ1) is 16.7. The Morgan fingerprint density at radius 3 is 2.74 bits per heavy atom. The second kappa shape index (κ2) is 10.4. The van der Waals surface area contributed by atoms with Crippen LogP contribution in [0.15, 0.2) is 18.2 Å². The molecule has 1 aromatic heterocycles. The summed E-state index contributed by atoms with van der Waals surface area (Å²) in [6.45, 7) is 2.81. The van der Waals surface area contributed by atoms with Gasteiger partial charge in [0, 0.05) is 51.4 Å². The molecule has 9 nitrogen and oxygen atoms in total. The lowest BCUT2D eigenvalue weighted by Crippen LogP contribution is -2.34. The van der Waals surface area contributed by atoms with Gasteiger partial charge < -0.3 is 24.3 Å². The van der Waals surface area contributed by atoms with E-state index in [9.17, 15) is 9.59 Å². The standard InChI is InChI=1S/C25H33N5O4/c31-24(9-7-18-6-8-20-21(16-18)34-17-33-20)29-13-11-23-28-27-22(30(23)15-14-29)10-12-26-25(32)19-4-2-1-3-5-19/h6,8,16,19H,1-5,7,9-15,17H2,(H,26,32). The van der Waals surface area contributed by atoms with Crippen LogP contribution in [0.3, 0.4) is 0 Å². The minimum atomic E-state index is 0.151. The summed E-state index contributed by atoms with van der Waals surface area (Å²) in [7, 11) is 0. The molecule has 1 N–H and O–H groups in total. The molecular formula is C25H33N5O4. The van der Waals surface area contributed by atoms with Gasteiger partial charge in [0.2, 0.25) is 18.6 Å². The topological polar surface area (TPSA) is 98.6 Å². The summed E-state index contributed by atoms with van der Waals surface area (Å²) in [6, 6.07) is 5.85. The zero-order valence-corrected chi connectivity index (χ0v) is 19.6. The van der Waals surface area contributed by atoms with E-state index in [0.717, 1.165) is 54.4 Å². The number of aromatic nitrogens is 3. The number of amides is 2. The van der Waals surface area contributed by atoms with Crippen molar-refractivity contribution >= 4 is 11.8 Å². The molecule has 0 unspecified atom stereocenters. The Morgan fingerprint density at radius 1 is 1.00 bits per heavy atom. The molecule has 9 heteroatoms. The minimum Gasteiger partial charge on any atom is -0.454 e. The lowest BCUT2D eigenvalue weighted by molar-refractivity contribution is -0.131. The third kappa shape index (κ3) is 5.18. The third-order valence-electron chi connectivity index (χ3n) is 7.14. The van der Waals surface area contributed by atoms with Crippen LogP contribution < -0.4 is 14.8 Å². The van der Waals surface area contributed by atoms with Crippen molar-refractivity contribution in [2.75, 3.05) is 26.4 Å². The number of fused-ring (bicyclic) bond motifs is 2. The fraction of sp³-hybridized carbons (Fsp3) is 0.600. The van der Waals surface area contributed by atoms with Crippen molar-refractivity contribution in [1.82, 2.24) is 25.0 Å². The average Bonchev–Trinajstić information content (AvgIpc) is 3.43. The van der Waals surface area contributed by atoms with Crippen LogP contribution in [0.25, 0.3) is 0 Å². The summed E-state index contributed by atoms with van der Waals surface area (Å²) in [5, 5.41) is 11.8. The molecular weight excluding hydrogens is 434 g/mol. The molecule has 1 saturated carbocycles. The number of nitrogens with zero attached hydrogens (tertiary/aromatic N) is 4. The molecule has 3 heterocycles. The van der Waals surface area contributed by atoms with Crippen LogP contribution in [0.1, 0.15) is 55.7 Å². The molecule has 0 bridgehead atoms. The highest BCUT2D eigenvalue weighted by atomic mass is 16.7. The first-order valence-corrected chi connectivity index (χ1v) is 12.5. The zero-order valence-electron chi connectivity index (χ0n) is 19.6. The Bertz CT molecular complexity index is 1030. The van der Waals surface area contributed by atoms with Crippen molar-refractivity contribution in [3.63, 3.8) is 0 Å². The largest absolute Gasteiger partial charge is 0.454 e. The summed E-state index contributed by atoms with van der Waals surface area (Å²) >= 11 is 0. The molecule has 5 rings (SSSR count). The number of ether oxygens (including phenoxy) is 2. The van der Waals surface area contributed by atoms with Gasteiger partial charge >= 0.3 is 0 Å². The number of benzene rings is 1. The van der Waals surface area contributed by atoms with Crippen LogP contribution in [-0.4, -0.2) is 57.9 Å². The van der Waals surface area contributed by atoms with Crippen molar-refractivity contribution in [2.45, 2.75) is 64.3 Å². The molecule has 2 amide bonds. The van der Waals surface area contributed by atoms with E-state index >= 15 is 0 Å². The molecule has 1 aliphatic carbocycles. The number of hydrogen-bond donors (Lipinski definition) is 1. The number of carbonyl (C=O) groups excluding carboxylic acids is 2. The fourth-order valence-electron chi connectivity index (χ4n) is 5.13. The van der Waals surface area contributed by atoms with Crippen molar-refractivity contribution in [1.29, 1.82) is 0 Å². The van der Waals surface area contributed by atoms with Gasteiger partial charge in [-0.05, 0) is 37.0 Å². The third-order valence-corrected chi connectivity index (χ3v) is 7.14. The van der Waals surface area contributed by atoms with Gasteiger partial charge in [-0.15, -0.1) is 10.2 Å². The van der Waals surface area contributed by atoms with Gasteiger partial charge in [0.25, 0.3) is 0 Å². The van der Waals surface area contributed by atoms with Gasteiger partial charge in [-0.1, -0.05) is 25.3 Å². The quantitative estimate of drug-likeness (QED) is 0.671. The van der Waals surface area contributed by atoms with E-state index in [1.54, 1.807) is 0 Å². The van der Waals surface area contributed by atoms with E-state index in [0.29, 0.717) is 51.9 Å². The van der Waals surface area contributed by atoms with E-state index in [-0.39, 0.29) is 24.5 Å². The number of aryl methyl sites for hydroxylation is 1. The minimum absolute atomic E-state index is 0.151. The molecule has 182 valence electrons. The van der Waals surface area contributed by atoms with E-state index < -0.39 is 0 Å². The molecule has 2 aromatic rings. The van der Waals surface area contributed by atoms with Gasteiger partial charge in [-0.2, -0.15) is 0 Å². The van der Waals surface area contributed by atoms with Crippen molar-refractivity contribution in [3.8, 4) is 11.5 Å². The Hall–Kier alpha value is -3.10.